The Morgan fingerprint density at radius 1 is 1.24 bits per heavy atom. The summed E-state index contributed by atoms with van der Waals surface area (Å²) < 4.78 is 29.8. The molecule has 4 rings (SSSR count). The van der Waals surface area contributed by atoms with Gasteiger partial charge in [-0.2, -0.15) is 0 Å². The summed E-state index contributed by atoms with van der Waals surface area (Å²) in [6.45, 7) is 4.38. The number of aryl methyl sites for hydroxylation is 1. The first-order valence-electron chi connectivity index (χ1n) is 11.8. The number of halogens is 2. The van der Waals surface area contributed by atoms with E-state index in [4.69, 9.17) is 4.74 Å². The Labute approximate surface area is 201 Å². The van der Waals surface area contributed by atoms with E-state index in [-0.39, 0.29) is 5.91 Å². The Morgan fingerprint density at radius 2 is 2.03 bits per heavy atom. The highest BCUT2D eigenvalue weighted by atomic mass is 32.1. The summed E-state index contributed by atoms with van der Waals surface area (Å²) in [4.78, 5) is 25.7. The van der Waals surface area contributed by atoms with Crippen LogP contribution in [0.5, 0.6) is 5.19 Å². The number of fused-ring (bicyclic) bond motifs is 1. The van der Waals surface area contributed by atoms with Gasteiger partial charge in [0.2, 0.25) is 5.91 Å². The van der Waals surface area contributed by atoms with Gasteiger partial charge in [0.05, 0.1) is 17.1 Å². The van der Waals surface area contributed by atoms with E-state index in [1.807, 2.05) is 6.92 Å². The fourth-order valence-electron chi connectivity index (χ4n) is 4.69. The van der Waals surface area contributed by atoms with Gasteiger partial charge in [0.25, 0.3) is 11.6 Å². The van der Waals surface area contributed by atoms with Gasteiger partial charge in [0.15, 0.2) is 6.61 Å². The molecule has 2 aromatic heterocycles. The molecule has 1 aliphatic heterocycles. The second kappa shape index (κ2) is 11.7. The molecule has 2 aliphatic rings. The Bertz CT molecular complexity index is 887. The molecule has 33 heavy (non-hydrogen) atoms. The second-order valence-corrected chi connectivity index (χ2v) is 11.4. The van der Waals surface area contributed by atoms with Crippen molar-refractivity contribution in [2.75, 3.05) is 26.2 Å². The van der Waals surface area contributed by atoms with E-state index in [0.29, 0.717) is 23.6 Å². The maximum absolute atomic E-state index is 12.3. The maximum Gasteiger partial charge on any atom is 0.273 e. The van der Waals surface area contributed by atoms with Crippen molar-refractivity contribution in [3.8, 4) is 5.19 Å². The van der Waals surface area contributed by atoms with Gasteiger partial charge in [-0.25, -0.2) is 18.7 Å². The Kier molecular flexibility index (Phi) is 8.65. The van der Waals surface area contributed by atoms with Crippen LogP contribution in [0.3, 0.4) is 0 Å². The van der Waals surface area contributed by atoms with Gasteiger partial charge in [-0.3, -0.25) is 4.79 Å². The molecule has 10 heteroatoms. The van der Waals surface area contributed by atoms with E-state index in [1.54, 1.807) is 17.5 Å². The van der Waals surface area contributed by atoms with E-state index < -0.39 is 13.0 Å². The molecule has 182 valence electrons. The minimum Gasteiger partial charge on any atom is -0.464 e. The number of thiazole rings is 2. The van der Waals surface area contributed by atoms with E-state index >= 15 is 0 Å². The van der Waals surface area contributed by atoms with Crippen LogP contribution in [0.25, 0.3) is 0 Å². The van der Waals surface area contributed by atoms with Crippen LogP contribution in [-0.2, 0) is 24.1 Å². The van der Waals surface area contributed by atoms with Crippen molar-refractivity contribution in [2.24, 2.45) is 5.92 Å². The van der Waals surface area contributed by atoms with Crippen LogP contribution >= 0.6 is 22.7 Å². The van der Waals surface area contributed by atoms with Gasteiger partial charge in [0, 0.05) is 41.5 Å². The lowest BCUT2D eigenvalue weighted by atomic mass is 9.84. The average Bonchev–Trinajstić information content (AvgIpc) is 3.32. The number of hydrogen-bond donors (Lipinski definition) is 1. The third-order valence-corrected chi connectivity index (χ3v) is 8.46. The van der Waals surface area contributed by atoms with E-state index in [0.717, 1.165) is 73.7 Å². The van der Waals surface area contributed by atoms with Crippen LogP contribution < -0.4 is 10.1 Å². The van der Waals surface area contributed by atoms with Crippen molar-refractivity contribution >= 4 is 28.6 Å². The molecule has 0 spiro atoms. The van der Waals surface area contributed by atoms with Crippen LogP contribution in [0.2, 0.25) is 0 Å². The quantitative estimate of drug-likeness (QED) is 0.560. The van der Waals surface area contributed by atoms with Crippen LogP contribution in [-0.4, -0.2) is 59.5 Å². The van der Waals surface area contributed by atoms with Gasteiger partial charge >= 0.3 is 0 Å². The summed E-state index contributed by atoms with van der Waals surface area (Å²) in [5.41, 5.74) is 1.01. The standard InChI is InChI=1S/C23H32F2N4O2S2/c1-15-26-13-18(32-15)12-22(30)27-17-4-2-16(3-5-17)6-9-29-10-7-19-20(8-11-29)33-23(28-19)31-14-21(24)25/h13,16-17,21H,2-12,14H2,1H3,(H,27,30). The highest BCUT2D eigenvalue weighted by molar-refractivity contribution is 7.13. The number of hydrogen-bond acceptors (Lipinski definition) is 7. The molecule has 0 atom stereocenters. The lowest BCUT2D eigenvalue weighted by Gasteiger charge is -2.30. The zero-order chi connectivity index (χ0) is 23.2. The predicted octanol–water partition coefficient (Wildman–Crippen LogP) is 4.26. The first-order chi connectivity index (χ1) is 15.9. The van der Waals surface area contributed by atoms with E-state index in [2.05, 4.69) is 20.2 Å². The smallest absolute Gasteiger partial charge is 0.273 e. The zero-order valence-corrected chi connectivity index (χ0v) is 20.7. The van der Waals surface area contributed by atoms with Crippen molar-refractivity contribution in [2.45, 2.75) is 70.8 Å². The van der Waals surface area contributed by atoms with Crippen molar-refractivity contribution in [3.05, 3.63) is 26.7 Å². The van der Waals surface area contributed by atoms with Gasteiger partial charge in [-0.15, -0.1) is 11.3 Å². The van der Waals surface area contributed by atoms with Crippen molar-refractivity contribution in [1.82, 2.24) is 20.2 Å². The highest BCUT2D eigenvalue weighted by Gasteiger charge is 2.24. The monoisotopic (exact) mass is 498 g/mol. The Morgan fingerprint density at radius 3 is 2.76 bits per heavy atom. The molecule has 2 aromatic rings. The molecule has 1 saturated carbocycles. The molecule has 0 saturated heterocycles. The lowest BCUT2D eigenvalue weighted by Crippen LogP contribution is -2.38. The minimum absolute atomic E-state index is 0.107. The zero-order valence-electron chi connectivity index (χ0n) is 19.0. The Balaban J connectivity index is 1.13. The summed E-state index contributed by atoms with van der Waals surface area (Å²) in [7, 11) is 0. The summed E-state index contributed by atoms with van der Waals surface area (Å²) in [6, 6.07) is 0.296. The van der Waals surface area contributed by atoms with E-state index in [1.165, 1.54) is 22.6 Å². The number of carbonyl (C=O) groups is 1. The van der Waals surface area contributed by atoms with Crippen LogP contribution in [0.1, 0.15) is 52.6 Å². The molecule has 1 N–H and O–H groups in total. The minimum atomic E-state index is -2.47. The number of ether oxygens (including phenoxy) is 1. The fourth-order valence-corrected chi connectivity index (χ4v) is 6.44. The molecule has 6 nitrogen and oxygen atoms in total. The molecule has 3 heterocycles. The van der Waals surface area contributed by atoms with Gasteiger partial charge < -0.3 is 15.0 Å². The van der Waals surface area contributed by atoms with E-state index in [9.17, 15) is 13.6 Å². The average molecular weight is 499 g/mol. The highest BCUT2D eigenvalue weighted by Crippen LogP contribution is 2.30. The van der Waals surface area contributed by atoms with Gasteiger partial charge in [-0.05, 0) is 57.9 Å². The maximum atomic E-state index is 12.3. The topological polar surface area (TPSA) is 67.4 Å². The lowest BCUT2D eigenvalue weighted by molar-refractivity contribution is -0.121. The molecule has 1 fully saturated rings. The normalized spacial score (nSPS) is 21.6. The number of alkyl halides is 2. The molecule has 1 aliphatic carbocycles. The first-order valence-corrected chi connectivity index (χ1v) is 13.4. The fraction of sp³-hybridized carbons (Fsp3) is 0.696. The number of amides is 1. The van der Waals surface area contributed by atoms with Crippen LogP contribution in [0.15, 0.2) is 6.20 Å². The van der Waals surface area contributed by atoms with Crippen molar-refractivity contribution < 1.29 is 18.3 Å². The third kappa shape index (κ3) is 7.42. The number of aromatic nitrogens is 2. The molecular weight excluding hydrogens is 466 g/mol. The molecule has 0 bridgehead atoms. The third-order valence-electron chi connectivity index (χ3n) is 6.48. The summed E-state index contributed by atoms with van der Waals surface area (Å²) in [5, 5.41) is 4.58. The van der Waals surface area contributed by atoms with Crippen molar-refractivity contribution in [1.29, 1.82) is 0 Å². The number of nitrogens with one attached hydrogen (secondary N) is 1. The second-order valence-electron chi connectivity index (χ2n) is 8.99. The van der Waals surface area contributed by atoms with Gasteiger partial charge in [-0.1, -0.05) is 11.3 Å². The van der Waals surface area contributed by atoms with Gasteiger partial charge in [0.1, 0.15) is 0 Å². The molecule has 0 radical (unpaired) electrons. The molecule has 1 amide bonds. The number of nitrogens with zero attached hydrogens (tertiary/aromatic N) is 3. The Hall–Kier alpha value is -1.65. The molecular formula is C23H32F2N4O2S2. The SMILES string of the molecule is Cc1ncc(CC(=O)NC2CCC(CCN3CCc4nc(OCC(F)F)sc4CC3)CC2)s1. The van der Waals surface area contributed by atoms with Crippen molar-refractivity contribution in [3.63, 3.8) is 0 Å². The summed E-state index contributed by atoms with van der Waals surface area (Å²) in [5.74, 6) is 0.822. The molecule has 0 aromatic carbocycles. The van der Waals surface area contributed by atoms with Crippen LogP contribution in [0.4, 0.5) is 8.78 Å². The largest absolute Gasteiger partial charge is 0.464 e. The predicted molar refractivity (Wildman–Crippen MR) is 127 cm³/mol. The summed E-state index contributed by atoms with van der Waals surface area (Å²) in [6.07, 6.45) is 7.14. The summed E-state index contributed by atoms with van der Waals surface area (Å²) >= 11 is 3.00. The molecule has 0 unspecified atom stereocenters. The van der Waals surface area contributed by atoms with Crippen LogP contribution in [0, 0.1) is 12.8 Å². The first kappa shape index (κ1) is 24.5. The number of carbonyl (C=O) groups excluding carboxylic acids is 1. The number of rotatable bonds is 9.